The van der Waals surface area contributed by atoms with Gasteiger partial charge in [-0.15, -0.1) is 0 Å². The van der Waals surface area contributed by atoms with Crippen LogP contribution in [0.3, 0.4) is 0 Å². The molecule has 0 aliphatic rings. The lowest BCUT2D eigenvalue weighted by Crippen LogP contribution is -1.90. The molecule has 24 heavy (non-hydrogen) atoms. The number of nitrogens with one attached hydrogen (secondary N) is 1. The zero-order chi connectivity index (χ0) is 16.4. The molecule has 0 aliphatic carbocycles. The number of fused-ring (bicyclic) bond motifs is 1. The van der Waals surface area contributed by atoms with Crippen molar-refractivity contribution >= 4 is 44.7 Å². The van der Waals surface area contributed by atoms with Crippen LogP contribution in [0.5, 0.6) is 0 Å². The highest BCUT2D eigenvalue weighted by Gasteiger charge is 2.03. The van der Waals surface area contributed by atoms with E-state index in [2.05, 4.69) is 119 Å². The summed E-state index contributed by atoms with van der Waals surface area (Å²) in [6.45, 7) is 0. The fourth-order valence-corrected chi connectivity index (χ4v) is 3.27. The molecule has 4 aromatic carbocycles. The van der Waals surface area contributed by atoms with Crippen molar-refractivity contribution in [2.75, 3.05) is 5.32 Å². The van der Waals surface area contributed by atoms with E-state index < -0.39 is 0 Å². The van der Waals surface area contributed by atoms with Crippen molar-refractivity contribution in [2.45, 2.75) is 0 Å². The van der Waals surface area contributed by atoms with E-state index in [0.717, 1.165) is 11.4 Å². The maximum atomic E-state index is 3.44. The number of rotatable bonds is 3. The highest BCUT2D eigenvalue weighted by molar-refractivity contribution is 14.1. The average molecular weight is 421 g/mol. The average Bonchev–Trinajstić information content (AvgIpc) is 2.64. The second-order valence-corrected chi connectivity index (χ2v) is 6.98. The largest absolute Gasteiger partial charge is 0.356 e. The summed E-state index contributed by atoms with van der Waals surface area (Å²) in [5.41, 5.74) is 4.71. The molecule has 0 fully saturated rings. The minimum atomic E-state index is 1.10. The molecule has 0 radical (unpaired) electrons. The third-order valence-electron chi connectivity index (χ3n) is 4.12. The lowest BCUT2D eigenvalue weighted by atomic mass is 9.98. The standard InChI is InChI=1S/C22H16IN/c23-18-10-14-20(15-11-18)24-19-12-8-17(9-13-19)22-7-3-5-16-4-1-2-6-21(16)22/h1-15,24H. The molecule has 0 saturated heterocycles. The van der Waals surface area contributed by atoms with Gasteiger partial charge in [0.15, 0.2) is 0 Å². The van der Waals surface area contributed by atoms with Gasteiger partial charge in [0.2, 0.25) is 0 Å². The molecule has 0 unspecified atom stereocenters. The van der Waals surface area contributed by atoms with Crippen molar-refractivity contribution < 1.29 is 0 Å². The summed E-state index contributed by atoms with van der Waals surface area (Å²) in [5.74, 6) is 0. The van der Waals surface area contributed by atoms with E-state index in [-0.39, 0.29) is 0 Å². The molecular weight excluding hydrogens is 405 g/mol. The van der Waals surface area contributed by atoms with Gasteiger partial charge in [-0.25, -0.2) is 0 Å². The lowest BCUT2D eigenvalue weighted by molar-refractivity contribution is 1.53. The highest BCUT2D eigenvalue weighted by Crippen LogP contribution is 2.29. The second-order valence-electron chi connectivity index (χ2n) is 5.74. The zero-order valence-electron chi connectivity index (χ0n) is 13.0. The van der Waals surface area contributed by atoms with E-state index in [9.17, 15) is 0 Å². The van der Waals surface area contributed by atoms with Gasteiger partial charge in [0, 0.05) is 14.9 Å². The van der Waals surface area contributed by atoms with Crippen LogP contribution in [0.15, 0.2) is 91.0 Å². The molecule has 0 atom stereocenters. The number of benzene rings is 4. The normalized spacial score (nSPS) is 10.7. The molecule has 4 rings (SSSR count). The van der Waals surface area contributed by atoms with E-state index in [1.807, 2.05) is 0 Å². The van der Waals surface area contributed by atoms with Crippen molar-refractivity contribution in [2.24, 2.45) is 0 Å². The van der Waals surface area contributed by atoms with E-state index in [1.165, 1.54) is 25.5 Å². The third-order valence-corrected chi connectivity index (χ3v) is 4.84. The van der Waals surface area contributed by atoms with Gasteiger partial charge >= 0.3 is 0 Å². The van der Waals surface area contributed by atoms with Gasteiger partial charge in [-0.1, -0.05) is 54.6 Å². The molecule has 0 bridgehead atoms. The molecule has 0 spiro atoms. The van der Waals surface area contributed by atoms with Crippen molar-refractivity contribution in [3.8, 4) is 11.1 Å². The van der Waals surface area contributed by atoms with Crippen LogP contribution < -0.4 is 5.32 Å². The van der Waals surface area contributed by atoms with Crippen molar-refractivity contribution in [1.82, 2.24) is 0 Å². The van der Waals surface area contributed by atoms with Crippen molar-refractivity contribution in [3.63, 3.8) is 0 Å². The maximum Gasteiger partial charge on any atom is 0.0384 e. The Morgan fingerprint density at radius 1 is 0.583 bits per heavy atom. The van der Waals surface area contributed by atoms with Crippen molar-refractivity contribution in [1.29, 1.82) is 0 Å². The Balaban J connectivity index is 1.64. The first-order chi connectivity index (χ1) is 11.8. The van der Waals surface area contributed by atoms with Crippen LogP contribution in [0.25, 0.3) is 21.9 Å². The maximum absolute atomic E-state index is 3.44. The van der Waals surface area contributed by atoms with E-state index in [0.29, 0.717) is 0 Å². The van der Waals surface area contributed by atoms with Crippen LogP contribution in [-0.4, -0.2) is 0 Å². The Morgan fingerprint density at radius 3 is 1.96 bits per heavy atom. The Labute approximate surface area is 155 Å². The number of hydrogen-bond acceptors (Lipinski definition) is 1. The molecule has 1 nitrogen and oxygen atoms in total. The number of hydrogen-bond donors (Lipinski definition) is 1. The minimum Gasteiger partial charge on any atom is -0.356 e. The molecule has 4 aromatic rings. The fraction of sp³-hybridized carbons (Fsp3) is 0. The van der Waals surface area contributed by atoms with Gasteiger partial charge in [0.1, 0.15) is 0 Å². The number of halogens is 1. The van der Waals surface area contributed by atoms with Crippen LogP contribution in [0.1, 0.15) is 0 Å². The summed E-state index contributed by atoms with van der Waals surface area (Å²) in [6.07, 6.45) is 0. The smallest absolute Gasteiger partial charge is 0.0384 e. The predicted molar refractivity (Wildman–Crippen MR) is 112 cm³/mol. The Morgan fingerprint density at radius 2 is 1.21 bits per heavy atom. The van der Waals surface area contributed by atoms with Crippen LogP contribution >= 0.6 is 22.6 Å². The number of anilines is 2. The Hall–Kier alpha value is -2.33. The third kappa shape index (κ3) is 3.15. The van der Waals surface area contributed by atoms with E-state index >= 15 is 0 Å². The van der Waals surface area contributed by atoms with Crippen LogP contribution in [0.2, 0.25) is 0 Å². The molecule has 2 heteroatoms. The van der Waals surface area contributed by atoms with Gasteiger partial charge in [-0.05, 0) is 80.9 Å². The summed E-state index contributed by atoms with van der Waals surface area (Å²) < 4.78 is 1.24. The molecule has 0 saturated carbocycles. The van der Waals surface area contributed by atoms with Crippen molar-refractivity contribution in [3.05, 3.63) is 94.6 Å². The summed E-state index contributed by atoms with van der Waals surface area (Å²) in [5, 5.41) is 6.01. The lowest BCUT2D eigenvalue weighted by Gasteiger charge is -2.10. The highest BCUT2D eigenvalue weighted by atomic mass is 127. The first kappa shape index (κ1) is 15.2. The van der Waals surface area contributed by atoms with Gasteiger partial charge in [0.25, 0.3) is 0 Å². The second kappa shape index (κ2) is 6.65. The van der Waals surface area contributed by atoms with Gasteiger partial charge in [-0.3, -0.25) is 0 Å². The fourth-order valence-electron chi connectivity index (χ4n) is 2.91. The first-order valence-electron chi connectivity index (χ1n) is 7.90. The summed E-state index contributed by atoms with van der Waals surface area (Å²) >= 11 is 2.32. The summed E-state index contributed by atoms with van der Waals surface area (Å²) in [4.78, 5) is 0. The minimum absolute atomic E-state index is 1.10. The summed E-state index contributed by atoms with van der Waals surface area (Å²) in [6, 6.07) is 32.0. The van der Waals surface area contributed by atoms with Crippen LogP contribution in [-0.2, 0) is 0 Å². The van der Waals surface area contributed by atoms with Gasteiger partial charge in [-0.2, -0.15) is 0 Å². The summed E-state index contributed by atoms with van der Waals surface area (Å²) in [7, 11) is 0. The molecule has 0 heterocycles. The van der Waals surface area contributed by atoms with Gasteiger partial charge in [0.05, 0.1) is 0 Å². The Kier molecular flexibility index (Phi) is 4.22. The molecular formula is C22H16IN. The first-order valence-corrected chi connectivity index (χ1v) is 8.98. The predicted octanol–water partition coefficient (Wildman–Crippen LogP) is 6.86. The topological polar surface area (TPSA) is 12.0 Å². The van der Waals surface area contributed by atoms with Crippen LogP contribution in [0, 0.1) is 3.57 Å². The van der Waals surface area contributed by atoms with E-state index in [4.69, 9.17) is 0 Å². The molecule has 0 aliphatic heterocycles. The molecule has 0 amide bonds. The SMILES string of the molecule is Ic1ccc(Nc2ccc(-c3cccc4ccccc34)cc2)cc1. The monoisotopic (exact) mass is 421 g/mol. The molecule has 116 valence electrons. The van der Waals surface area contributed by atoms with Gasteiger partial charge < -0.3 is 5.32 Å². The Bertz CT molecular complexity index is 967. The zero-order valence-corrected chi connectivity index (χ0v) is 15.2. The molecule has 0 aromatic heterocycles. The van der Waals surface area contributed by atoms with Crippen LogP contribution in [0.4, 0.5) is 11.4 Å². The van der Waals surface area contributed by atoms with E-state index in [1.54, 1.807) is 0 Å². The molecule has 1 N–H and O–H groups in total. The quantitative estimate of drug-likeness (QED) is 0.357.